The molecule has 0 radical (unpaired) electrons. The van der Waals surface area contributed by atoms with Crippen molar-refractivity contribution >= 4 is 11.6 Å². The van der Waals surface area contributed by atoms with E-state index in [9.17, 15) is 0 Å². The molecule has 0 spiro atoms. The lowest BCUT2D eigenvalue weighted by Gasteiger charge is -2.09. The lowest BCUT2D eigenvalue weighted by atomic mass is 10.1. The maximum absolute atomic E-state index is 5.86. The highest BCUT2D eigenvalue weighted by atomic mass is 35.5. The molecule has 0 unspecified atom stereocenters. The zero-order valence-electron chi connectivity index (χ0n) is 10.7. The maximum atomic E-state index is 5.86. The van der Waals surface area contributed by atoms with Crippen LogP contribution in [0.2, 0.25) is 0 Å². The van der Waals surface area contributed by atoms with Gasteiger partial charge in [0.2, 0.25) is 0 Å². The van der Waals surface area contributed by atoms with Crippen molar-refractivity contribution in [1.82, 2.24) is 0 Å². The second kappa shape index (κ2) is 5.92. The van der Waals surface area contributed by atoms with Gasteiger partial charge >= 0.3 is 0 Å². The molecule has 0 aromatic heterocycles. The van der Waals surface area contributed by atoms with E-state index >= 15 is 0 Å². The van der Waals surface area contributed by atoms with Crippen LogP contribution in [0.1, 0.15) is 23.6 Å². The molecule has 2 aromatic carbocycles. The molecule has 0 heterocycles. The summed E-state index contributed by atoms with van der Waals surface area (Å²) >= 11 is 5.84. The molecule has 2 aromatic rings. The summed E-state index contributed by atoms with van der Waals surface area (Å²) in [6.45, 7) is 4.19. The Labute approximate surface area is 113 Å². The predicted octanol–water partition coefficient (Wildman–Crippen LogP) is 5.09. The van der Waals surface area contributed by atoms with Gasteiger partial charge < -0.3 is 4.74 Å². The summed E-state index contributed by atoms with van der Waals surface area (Å²) in [5.41, 5.74) is 3.59. The normalized spacial score (nSPS) is 10.4. The first-order valence-electron chi connectivity index (χ1n) is 6.15. The topological polar surface area (TPSA) is 9.23 Å². The summed E-state index contributed by atoms with van der Waals surface area (Å²) in [4.78, 5) is 0. The summed E-state index contributed by atoms with van der Waals surface area (Å²) in [7, 11) is 0. The van der Waals surface area contributed by atoms with Gasteiger partial charge in [-0.05, 0) is 54.3 Å². The second-order valence-corrected chi connectivity index (χ2v) is 4.59. The summed E-state index contributed by atoms with van der Waals surface area (Å²) < 4.78 is 5.86. The summed E-state index contributed by atoms with van der Waals surface area (Å²) in [6, 6.07) is 14.2. The highest BCUT2D eigenvalue weighted by molar-refractivity contribution is 6.17. The number of ether oxygens (including phenoxy) is 1. The minimum Gasteiger partial charge on any atom is -0.457 e. The molecule has 2 heteroatoms. The van der Waals surface area contributed by atoms with Crippen LogP contribution in [0.15, 0.2) is 42.5 Å². The predicted molar refractivity (Wildman–Crippen MR) is 76.6 cm³/mol. The molecule has 0 N–H and O–H groups in total. The summed E-state index contributed by atoms with van der Waals surface area (Å²) in [5, 5.41) is 0. The number of hydrogen-bond donors (Lipinski definition) is 0. The van der Waals surface area contributed by atoms with E-state index in [-0.39, 0.29) is 0 Å². The van der Waals surface area contributed by atoms with Crippen LogP contribution in [0.4, 0.5) is 0 Å². The third kappa shape index (κ3) is 3.05. The average Bonchev–Trinajstić information content (AvgIpc) is 2.39. The van der Waals surface area contributed by atoms with Crippen molar-refractivity contribution in [3.8, 4) is 11.5 Å². The van der Waals surface area contributed by atoms with Gasteiger partial charge in [-0.3, -0.25) is 0 Å². The van der Waals surface area contributed by atoms with Gasteiger partial charge in [0.25, 0.3) is 0 Å². The zero-order chi connectivity index (χ0) is 13.0. The minimum absolute atomic E-state index is 0.539. The van der Waals surface area contributed by atoms with Gasteiger partial charge in [-0.1, -0.05) is 25.1 Å². The molecule has 0 aliphatic rings. The Kier molecular flexibility index (Phi) is 4.27. The van der Waals surface area contributed by atoms with Gasteiger partial charge in [-0.15, -0.1) is 11.6 Å². The molecule has 18 heavy (non-hydrogen) atoms. The molecular weight excluding hydrogens is 244 g/mol. The monoisotopic (exact) mass is 260 g/mol. The quantitative estimate of drug-likeness (QED) is 0.696. The minimum atomic E-state index is 0.539. The SMILES string of the molecule is CCc1cccc(Oc2ccc(CCl)c(C)c2)c1. The van der Waals surface area contributed by atoms with Crippen molar-refractivity contribution in [3.05, 3.63) is 59.2 Å². The molecule has 94 valence electrons. The van der Waals surface area contributed by atoms with Crippen molar-refractivity contribution in [2.75, 3.05) is 0 Å². The highest BCUT2D eigenvalue weighted by Gasteiger charge is 2.02. The van der Waals surface area contributed by atoms with Crippen molar-refractivity contribution in [2.24, 2.45) is 0 Å². The Bertz CT molecular complexity index is 534. The highest BCUT2D eigenvalue weighted by Crippen LogP contribution is 2.25. The molecular formula is C16H17ClO. The number of rotatable bonds is 4. The number of aryl methyl sites for hydroxylation is 2. The van der Waals surface area contributed by atoms with E-state index in [1.165, 1.54) is 5.56 Å². The largest absolute Gasteiger partial charge is 0.457 e. The Balaban J connectivity index is 2.20. The van der Waals surface area contributed by atoms with Crippen LogP contribution in [0.5, 0.6) is 11.5 Å². The Morgan fingerprint density at radius 1 is 1.06 bits per heavy atom. The van der Waals surface area contributed by atoms with Crippen LogP contribution in [0, 0.1) is 6.92 Å². The molecule has 0 fully saturated rings. The molecule has 1 nitrogen and oxygen atoms in total. The third-order valence-electron chi connectivity index (χ3n) is 3.00. The van der Waals surface area contributed by atoms with E-state index in [4.69, 9.17) is 16.3 Å². The lowest BCUT2D eigenvalue weighted by molar-refractivity contribution is 0.481. The fraction of sp³-hybridized carbons (Fsp3) is 0.250. The Morgan fingerprint density at radius 3 is 2.50 bits per heavy atom. The van der Waals surface area contributed by atoms with Crippen LogP contribution in [-0.2, 0) is 12.3 Å². The van der Waals surface area contributed by atoms with E-state index in [0.29, 0.717) is 5.88 Å². The lowest BCUT2D eigenvalue weighted by Crippen LogP contribution is -1.89. The van der Waals surface area contributed by atoms with Gasteiger partial charge in [0.05, 0.1) is 0 Å². The van der Waals surface area contributed by atoms with E-state index in [2.05, 4.69) is 19.1 Å². The van der Waals surface area contributed by atoms with Gasteiger partial charge in [0.15, 0.2) is 0 Å². The molecule has 0 amide bonds. The van der Waals surface area contributed by atoms with Gasteiger partial charge in [0.1, 0.15) is 11.5 Å². The van der Waals surface area contributed by atoms with Crippen molar-refractivity contribution in [3.63, 3.8) is 0 Å². The Morgan fingerprint density at radius 2 is 1.83 bits per heavy atom. The molecule has 0 saturated heterocycles. The number of benzene rings is 2. The van der Waals surface area contributed by atoms with E-state index in [1.54, 1.807) is 0 Å². The van der Waals surface area contributed by atoms with Gasteiger partial charge in [-0.2, -0.15) is 0 Å². The first-order chi connectivity index (χ1) is 8.72. The van der Waals surface area contributed by atoms with Gasteiger partial charge in [-0.25, -0.2) is 0 Å². The molecule has 0 saturated carbocycles. The first-order valence-corrected chi connectivity index (χ1v) is 6.68. The Hall–Kier alpha value is -1.47. The van der Waals surface area contributed by atoms with Crippen molar-refractivity contribution in [1.29, 1.82) is 0 Å². The number of alkyl halides is 1. The molecule has 0 bridgehead atoms. The van der Waals surface area contributed by atoms with Crippen LogP contribution in [0.25, 0.3) is 0 Å². The van der Waals surface area contributed by atoms with Crippen molar-refractivity contribution in [2.45, 2.75) is 26.1 Å². The maximum Gasteiger partial charge on any atom is 0.127 e. The van der Waals surface area contributed by atoms with Crippen LogP contribution in [-0.4, -0.2) is 0 Å². The summed E-state index contributed by atoms with van der Waals surface area (Å²) in [5.74, 6) is 2.28. The van der Waals surface area contributed by atoms with Crippen LogP contribution in [0.3, 0.4) is 0 Å². The van der Waals surface area contributed by atoms with E-state index in [1.807, 2.05) is 37.3 Å². The number of hydrogen-bond acceptors (Lipinski definition) is 1. The average molecular weight is 261 g/mol. The van der Waals surface area contributed by atoms with Crippen LogP contribution >= 0.6 is 11.6 Å². The molecule has 2 rings (SSSR count). The molecule has 0 aliphatic heterocycles. The smallest absolute Gasteiger partial charge is 0.127 e. The second-order valence-electron chi connectivity index (χ2n) is 4.32. The molecule has 0 atom stereocenters. The number of halogens is 1. The fourth-order valence-electron chi connectivity index (χ4n) is 1.85. The first kappa shape index (κ1) is 13.0. The van der Waals surface area contributed by atoms with E-state index in [0.717, 1.165) is 29.0 Å². The molecule has 0 aliphatic carbocycles. The standard InChI is InChI=1S/C16H17ClO/c1-3-13-5-4-6-15(10-13)18-16-8-7-14(11-17)12(2)9-16/h4-10H,3,11H2,1-2H3. The van der Waals surface area contributed by atoms with Crippen molar-refractivity contribution < 1.29 is 4.74 Å². The zero-order valence-corrected chi connectivity index (χ0v) is 11.5. The van der Waals surface area contributed by atoms with Gasteiger partial charge in [0, 0.05) is 5.88 Å². The van der Waals surface area contributed by atoms with E-state index < -0.39 is 0 Å². The van der Waals surface area contributed by atoms with Crippen LogP contribution < -0.4 is 4.74 Å². The fourth-order valence-corrected chi connectivity index (χ4v) is 2.15. The third-order valence-corrected chi connectivity index (χ3v) is 3.29. The summed E-state index contributed by atoms with van der Waals surface area (Å²) in [6.07, 6.45) is 1.02.